The molecule has 0 bridgehead atoms. The lowest BCUT2D eigenvalue weighted by molar-refractivity contribution is 0.158. The van der Waals surface area contributed by atoms with Crippen LogP contribution in [0.25, 0.3) is 11.0 Å². The van der Waals surface area contributed by atoms with E-state index in [4.69, 9.17) is 4.74 Å². The van der Waals surface area contributed by atoms with Crippen LogP contribution in [0.3, 0.4) is 0 Å². The molecule has 1 heterocycles. The zero-order valence-corrected chi connectivity index (χ0v) is 10.4. The molecule has 4 heteroatoms. The maximum absolute atomic E-state index is 5.09. The first-order valence-electron chi connectivity index (χ1n) is 5.93. The van der Waals surface area contributed by atoms with Gasteiger partial charge in [-0.2, -0.15) is 0 Å². The van der Waals surface area contributed by atoms with Crippen molar-refractivity contribution in [2.24, 2.45) is 5.92 Å². The summed E-state index contributed by atoms with van der Waals surface area (Å²) in [6.07, 6.45) is 0. The molecule has 2 aromatic rings. The quantitative estimate of drug-likeness (QED) is 0.801. The lowest BCUT2D eigenvalue weighted by Gasteiger charge is -2.10. The highest BCUT2D eigenvalue weighted by Gasteiger charge is 2.03. The molecule has 2 rings (SSSR count). The summed E-state index contributed by atoms with van der Waals surface area (Å²) in [5.74, 6) is 1.50. The second-order valence-electron chi connectivity index (χ2n) is 4.39. The molecule has 0 aliphatic rings. The van der Waals surface area contributed by atoms with Gasteiger partial charge in [0.25, 0.3) is 0 Å². The Bertz CT molecular complexity index is 433. The molecule has 0 radical (unpaired) electrons. The molecule has 2 N–H and O–H groups in total. The fraction of sp³-hybridized carbons (Fsp3) is 0.462. The van der Waals surface area contributed by atoms with Crippen LogP contribution in [0.1, 0.15) is 12.7 Å². The minimum absolute atomic E-state index is 0.518. The number of hydrogen-bond acceptors (Lipinski definition) is 3. The molecule has 0 spiro atoms. The average molecular weight is 233 g/mol. The van der Waals surface area contributed by atoms with Gasteiger partial charge >= 0.3 is 0 Å². The lowest BCUT2D eigenvalue weighted by atomic mass is 10.2. The number of nitrogens with one attached hydrogen (secondary N) is 2. The molecular weight excluding hydrogens is 214 g/mol. The van der Waals surface area contributed by atoms with Gasteiger partial charge in [0.2, 0.25) is 0 Å². The molecule has 0 aliphatic heterocycles. The van der Waals surface area contributed by atoms with Crippen LogP contribution < -0.4 is 5.32 Å². The van der Waals surface area contributed by atoms with Crippen molar-refractivity contribution in [2.75, 3.05) is 20.3 Å². The van der Waals surface area contributed by atoms with E-state index in [-0.39, 0.29) is 0 Å². The summed E-state index contributed by atoms with van der Waals surface area (Å²) in [7, 11) is 1.73. The van der Waals surface area contributed by atoms with Crippen LogP contribution in [-0.4, -0.2) is 30.2 Å². The van der Waals surface area contributed by atoms with Gasteiger partial charge in [0.15, 0.2) is 0 Å². The molecule has 92 valence electrons. The van der Waals surface area contributed by atoms with Crippen molar-refractivity contribution in [3.05, 3.63) is 30.1 Å². The first-order valence-corrected chi connectivity index (χ1v) is 5.93. The van der Waals surface area contributed by atoms with Gasteiger partial charge in [0.1, 0.15) is 5.82 Å². The number of nitrogens with zero attached hydrogens (tertiary/aromatic N) is 1. The first kappa shape index (κ1) is 12.1. The summed E-state index contributed by atoms with van der Waals surface area (Å²) >= 11 is 0. The van der Waals surface area contributed by atoms with Gasteiger partial charge in [-0.1, -0.05) is 19.1 Å². The fourth-order valence-electron chi connectivity index (χ4n) is 1.87. The number of aromatic nitrogens is 2. The van der Waals surface area contributed by atoms with Crippen molar-refractivity contribution >= 4 is 11.0 Å². The van der Waals surface area contributed by atoms with Gasteiger partial charge < -0.3 is 15.0 Å². The maximum Gasteiger partial charge on any atom is 0.121 e. The highest BCUT2D eigenvalue weighted by Crippen LogP contribution is 2.09. The molecule has 0 fully saturated rings. The number of H-pyrrole nitrogens is 1. The zero-order chi connectivity index (χ0) is 12.1. The molecule has 0 saturated heterocycles. The Morgan fingerprint density at radius 2 is 2.24 bits per heavy atom. The minimum atomic E-state index is 0.518. The second kappa shape index (κ2) is 5.80. The van der Waals surface area contributed by atoms with Crippen molar-refractivity contribution in [1.29, 1.82) is 0 Å². The smallest absolute Gasteiger partial charge is 0.121 e. The molecule has 17 heavy (non-hydrogen) atoms. The monoisotopic (exact) mass is 233 g/mol. The van der Waals surface area contributed by atoms with Crippen LogP contribution in [0.4, 0.5) is 0 Å². The Balaban J connectivity index is 1.86. The highest BCUT2D eigenvalue weighted by atomic mass is 16.5. The van der Waals surface area contributed by atoms with E-state index >= 15 is 0 Å². The van der Waals surface area contributed by atoms with Gasteiger partial charge in [-0.05, 0) is 18.1 Å². The summed E-state index contributed by atoms with van der Waals surface area (Å²) in [6.45, 7) is 4.65. The molecule has 0 aliphatic carbocycles. The maximum atomic E-state index is 5.09. The Hall–Kier alpha value is -1.39. The van der Waals surface area contributed by atoms with E-state index in [0.29, 0.717) is 5.92 Å². The van der Waals surface area contributed by atoms with Gasteiger partial charge in [0, 0.05) is 20.3 Å². The third-order valence-electron chi connectivity index (χ3n) is 2.67. The van der Waals surface area contributed by atoms with E-state index in [0.717, 1.165) is 36.6 Å². The van der Waals surface area contributed by atoms with E-state index in [2.05, 4.69) is 22.2 Å². The predicted molar refractivity (Wildman–Crippen MR) is 68.8 cm³/mol. The summed E-state index contributed by atoms with van der Waals surface area (Å²) in [5, 5.41) is 3.37. The molecule has 0 saturated carbocycles. The zero-order valence-electron chi connectivity index (χ0n) is 10.4. The molecule has 1 unspecified atom stereocenters. The van der Waals surface area contributed by atoms with Gasteiger partial charge in [-0.15, -0.1) is 0 Å². The summed E-state index contributed by atoms with van der Waals surface area (Å²) < 4.78 is 5.09. The van der Waals surface area contributed by atoms with Crippen LogP contribution in [0.15, 0.2) is 24.3 Å². The predicted octanol–water partition coefficient (Wildman–Crippen LogP) is 1.93. The number of ether oxygens (including phenoxy) is 1. The molecule has 1 atom stereocenters. The molecular formula is C13H19N3O. The number of rotatable bonds is 6. The third-order valence-corrected chi connectivity index (χ3v) is 2.67. The van der Waals surface area contributed by atoms with Gasteiger partial charge in [0.05, 0.1) is 17.6 Å². The SMILES string of the molecule is COCC(C)CNCc1nc2ccccc2[nH]1. The molecule has 1 aromatic heterocycles. The number of methoxy groups -OCH3 is 1. The Kier molecular flexibility index (Phi) is 4.12. The van der Waals surface area contributed by atoms with Crippen molar-refractivity contribution in [2.45, 2.75) is 13.5 Å². The van der Waals surface area contributed by atoms with Crippen LogP contribution in [0.2, 0.25) is 0 Å². The molecule has 4 nitrogen and oxygen atoms in total. The number of benzene rings is 1. The number of hydrogen-bond donors (Lipinski definition) is 2. The van der Waals surface area contributed by atoms with Crippen molar-refractivity contribution in [1.82, 2.24) is 15.3 Å². The number of fused-ring (bicyclic) bond motifs is 1. The van der Waals surface area contributed by atoms with E-state index in [1.54, 1.807) is 7.11 Å². The highest BCUT2D eigenvalue weighted by molar-refractivity contribution is 5.74. The number of imidazole rings is 1. The van der Waals surface area contributed by atoms with Crippen LogP contribution in [-0.2, 0) is 11.3 Å². The largest absolute Gasteiger partial charge is 0.384 e. The van der Waals surface area contributed by atoms with E-state index in [1.807, 2.05) is 24.3 Å². The number of para-hydroxylation sites is 2. The fourth-order valence-corrected chi connectivity index (χ4v) is 1.87. The second-order valence-corrected chi connectivity index (χ2v) is 4.39. The van der Waals surface area contributed by atoms with Gasteiger partial charge in [-0.3, -0.25) is 0 Å². The Labute approximate surface area is 101 Å². The van der Waals surface area contributed by atoms with Crippen LogP contribution in [0, 0.1) is 5.92 Å². The van der Waals surface area contributed by atoms with Crippen LogP contribution in [0.5, 0.6) is 0 Å². The Morgan fingerprint density at radius 1 is 1.41 bits per heavy atom. The van der Waals surface area contributed by atoms with Crippen molar-refractivity contribution < 1.29 is 4.74 Å². The average Bonchev–Trinajstić information content (AvgIpc) is 2.71. The van der Waals surface area contributed by atoms with Crippen molar-refractivity contribution in [3.63, 3.8) is 0 Å². The first-order chi connectivity index (χ1) is 8.29. The minimum Gasteiger partial charge on any atom is -0.384 e. The van der Waals surface area contributed by atoms with Crippen molar-refractivity contribution in [3.8, 4) is 0 Å². The van der Waals surface area contributed by atoms with E-state index < -0.39 is 0 Å². The molecule has 0 amide bonds. The molecule has 1 aromatic carbocycles. The normalized spacial score (nSPS) is 13.1. The van der Waals surface area contributed by atoms with Gasteiger partial charge in [-0.25, -0.2) is 4.98 Å². The summed E-state index contributed by atoms with van der Waals surface area (Å²) in [4.78, 5) is 7.80. The summed E-state index contributed by atoms with van der Waals surface area (Å²) in [5.41, 5.74) is 2.11. The topological polar surface area (TPSA) is 49.9 Å². The lowest BCUT2D eigenvalue weighted by Crippen LogP contribution is -2.23. The Morgan fingerprint density at radius 3 is 3.00 bits per heavy atom. The van der Waals surface area contributed by atoms with Crippen LogP contribution >= 0.6 is 0 Å². The summed E-state index contributed by atoms with van der Waals surface area (Å²) in [6, 6.07) is 8.07. The van der Waals surface area contributed by atoms with E-state index in [9.17, 15) is 0 Å². The standard InChI is InChI=1S/C13H19N3O/c1-10(9-17-2)7-14-8-13-15-11-5-3-4-6-12(11)16-13/h3-6,10,14H,7-9H2,1-2H3,(H,15,16). The van der Waals surface area contributed by atoms with E-state index in [1.165, 1.54) is 0 Å². The third kappa shape index (κ3) is 3.28. The number of aromatic amines is 1.